The number of carbonyl (C=O) groups excluding carboxylic acids is 1. The highest BCUT2D eigenvalue weighted by atomic mass is 32.1. The van der Waals surface area contributed by atoms with E-state index in [-0.39, 0.29) is 34.6 Å². The van der Waals surface area contributed by atoms with Crippen molar-refractivity contribution in [1.29, 1.82) is 0 Å². The number of benzene rings is 1. The van der Waals surface area contributed by atoms with E-state index in [9.17, 15) is 22.4 Å². The number of fused-ring (bicyclic) bond motifs is 1. The molecule has 7 nitrogen and oxygen atoms in total. The molecule has 36 heavy (non-hydrogen) atoms. The van der Waals surface area contributed by atoms with Gasteiger partial charge < -0.3 is 20.5 Å². The number of carbonyl (C=O) groups is 1. The van der Waals surface area contributed by atoms with Crippen LogP contribution in [0.15, 0.2) is 33.9 Å². The minimum atomic E-state index is -4.46. The number of nitrogens with one attached hydrogen (secondary N) is 3. The number of halogens is 4. The standard InChI is InChI=1S/C24H25F4N5O2S/c1-11(2)13-8-18(31-22(13)34)23-32-21(33-35-23)20-14(9-24(26,27)28)12-4-3-5-17(19(12)36-20)30-16-6-7-29-10-15(16)25/h3-5,15-16,18,29-30H,6-10H2,1-2H3,(H,31,34)/t15-,16+,18+/m0/s1. The number of alkyl halides is 4. The summed E-state index contributed by atoms with van der Waals surface area (Å²) in [6.07, 6.45) is -5.83. The normalized spacial score (nSPS) is 22.8. The molecule has 2 saturated heterocycles. The van der Waals surface area contributed by atoms with Crippen LogP contribution in [0.2, 0.25) is 0 Å². The summed E-state index contributed by atoms with van der Waals surface area (Å²) < 4.78 is 61.2. The molecule has 0 bridgehead atoms. The first kappa shape index (κ1) is 24.7. The van der Waals surface area contributed by atoms with E-state index in [1.54, 1.807) is 18.2 Å². The zero-order valence-electron chi connectivity index (χ0n) is 19.6. The van der Waals surface area contributed by atoms with Crippen molar-refractivity contribution in [3.05, 3.63) is 40.8 Å². The van der Waals surface area contributed by atoms with Crippen LogP contribution in [0, 0.1) is 0 Å². The Morgan fingerprint density at radius 3 is 2.81 bits per heavy atom. The van der Waals surface area contributed by atoms with Crippen LogP contribution in [-0.4, -0.2) is 47.5 Å². The number of hydrogen-bond donors (Lipinski definition) is 3. The van der Waals surface area contributed by atoms with Crippen molar-refractivity contribution < 1.29 is 26.9 Å². The maximum Gasteiger partial charge on any atom is 0.393 e. The molecule has 0 spiro atoms. The number of nitrogens with zero attached hydrogens (tertiary/aromatic N) is 2. The van der Waals surface area contributed by atoms with Crippen LogP contribution in [0.4, 0.5) is 23.2 Å². The number of anilines is 1. The summed E-state index contributed by atoms with van der Waals surface area (Å²) >= 11 is 1.11. The highest BCUT2D eigenvalue weighted by Gasteiger charge is 2.35. The van der Waals surface area contributed by atoms with Crippen molar-refractivity contribution in [2.24, 2.45) is 0 Å². The van der Waals surface area contributed by atoms with Crippen LogP contribution in [0.3, 0.4) is 0 Å². The van der Waals surface area contributed by atoms with Gasteiger partial charge in [0, 0.05) is 18.5 Å². The molecule has 0 saturated carbocycles. The third kappa shape index (κ3) is 4.83. The lowest BCUT2D eigenvalue weighted by Crippen LogP contribution is -2.45. The maximum absolute atomic E-state index is 14.4. The van der Waals surface area contributed by atoms with Gasteiger partial charge in [0.15, 0.2) is 0 Å². The predicted octanol–water partition coefficient (Wildman–Crippen LogP) is 5.07. The molecule has 2 fully saturated rings. The molecule has 2 aromatic heterocycles. The van der Waals surface area contributed by atoms with Gasteiger partial charge in [-0.1, -0.05) is 22.9 Å². The van der Waals surface area contributed by atoms with E-state index in [4.69, 9.17) is 4.52 Å². The van der Waals surface area contributed by atoms with Crippen molar-refractivity contribution in [3.8, 4) is 10.7 Å². The number of piperidine rings is 1. The molecule has 2 aliphatic rings. The van der Waals surface area contributed by atoms with Gasteiger partial charge in [-0.15, -0.1) is 11.3 Å². The average molecular weight is 524 g/mol. The van der Waals surface area contributed by atoms with Crippen molar-refractivity contribution in [2.75, 3.05) is 18.4 Å². The van der Waals surface area contributed by atoms with Gasteiger partial charge in [0.25, 0.3) is 0 Å². The molecule has 192 valence electrons. The van der Waals surface area contributed by atoms with Crippen molar-refractivity contribution in [3.63, 3.8) is 0 Å². The van der Waals surface area contributed by atoms with Crippen molar-refractivity contribution in [1.82, 2.24) is 20.8 Å². The predicted molar refractivity (Wildman–Crippen MR) is 129 cm³/mol. The largest absolute Gasteiger partial charge is 0.393 e. The van der Waals surface area contributed by atoms with Gasteiger partial charge in [0.2, 0.25) is 17.6 Å². The molecule has 3 N–H and O–H groups in total. The summed E-state index contributed by atoms with van der Waals surface area (Å²) in [5.74, 6) is -0.0564. The Labute approximate surface area is 208 Å². The molecule has 3 atom stereocenters. The third-order valence-electron chi connectivity index (χ3n) is 6.48. The van der Waals surface area contributed by atoms with E-state index in [0.29, 0.717) is 40.7 Å². The van der Waals surface area contributed by atoms with E-state index in [1.165, 1.54) is 0 Å². The Hall–Kier alpha value is -2.99. The van der Waals surface area contributed by atoms with Gasteiger partial charge in [-0.2, -0.15) is 18.2 Å². The van der Waals surface area contributed by atoms with Gasteiger partial charge in [-0.05, 0) is 43.8 Å². The molecule has 2 aliphatic heterocycles. The molecule has 0 radical (unpaired) electrons. The molecule has 1 aromatic carbocycles. The summed E-state index contributed by atoms with van der Waals surface area (Å²) in [4.78, 5) is 16.8. The second-order valence-electron chi connectivity index (χ2n) is 9.31. The molecule has 12 heteroatoms. The molecule has 0 aliphatic carbocycles. The second-order valence-corrected chi connectivity index (χ2v) is 10.3. The smallest absolute Gasteiger partial charge is 0.378 e. The monoisotopic (exact) mass is 523 g/mol. The Balaban J connectivity index is 1.54. The lowest BCUT2D eigenvalue weighted by Gasteiger charge is -2.28. The number of allylic oxidation sites excluding steroid dienone is 1. The van der Waals surface area contributed by atoms with Crippen LogP contribution in [0.1, 0.15) is 44.2 Å². The molecule has 4 heterocycles. The van der Waals surface area contributed by atoms with E-state index in [2.05, 4.69) is 26.1 Å². The van der Waals surface area contributed by atoms with E-state index >= 15 is 0 Å². The summed E-state index contributed by atoms with van der Waals surface area (Å²) in [6, 6.07) is 4.04. The van der Waals surface area contributed by atoms with Crippen LogP contribution >= 0.6 is 11.3 Å². The minimum Gasteiger partial charge on any atom is -0.378 e. The van der Waals surface area contributed by atoms with Gasteiger partial charge >= 0.3 is 6.18 Å². The Bertz CT molecular complexity index is 1330. The number of amides is 1. The quantitative estimate of drug-likeness (QED) is 0.320. The number of rotatable bonds is 5. The highest BCUT2D eigenvalue weighted by Crippen LogP contribution is 2.44. The lowest BCUT2D eigenvalue weighted by molar-refractivity contribution is -0.126. The zero-order valence-corrected chi connectivity index (χ0v) is 20.4. The molecule has 3 aromatic rings. The van der Waals surface area contributed by atoms with Crippen molar-refractivity contribution in [2.45, 2.75) is 57.5 Å². The first-order chi connectivity index (χ1) is 17.1. The molecular weight excluding hydrogens is 498 g/mol. The fourth-order valence-electron chi connectivity index (χ4n) is 4.67. The summed E-state index contributed by atoms with van der Waals surface area (Å²) in [5, 5.41) is 13.4. The van der Waals surface area contributed by atoms with Gasteiger partial charge in [0.05, 0.1) is 27.7 Å². The average Bonchev–Trinajstić information content (AvgIpc) is 3.52. The summed E-state index contributed by atoms with van der Waals surface area (Å²) in [5.41, 5.74) is 2.11. The van der Waals surface area contributed by atoms with Crippen molar-refractivity contribution >= 4 is 33.0 Å². The first-order valence-corrected chi connectivity index (χ1v) is 12.5. The van der Waals surface area contributed by atoms with E-state index in [0.717, 1.165) is 16.9 Å². The topological polar surface area (TPSA) is 92.1 Å². The highest BCUT2D eigenvalue weighted by molar-refractivity contribution is 7.23. The first-order valence-electron chi connectivity index (χ1n) is 11.6. The SMILES string of the molecule is CC(C)=C1C[C@H](c2nc(-c3sc4c(N[C@@H]5CCNC[C@@H]5F)cccc4c3CC(F)(F)F)no2)NC1=O. The van der Waals surface area contributed by atoms with Crippen LogP contribution in [0.5, 0.6) is 0 Å². The van der Waals surface area contributed by atoms with Gasteiger partial charge in [-0.25, -0.2) is 4.39 Å². The fourth-order valence-corrected chi connectivity index (χ4v) is 5.89. The molecule has 0 unspecified atom stereocenters. The number of hydrogen-bond acceptors (Lipinski definition) is 7. The van der Waals surface area contributed by atoms with E-state index in [1.807, 2.05) is 13.8 Å². The minimum absolute atomic E-state index is 0.0292. The third-order valence-corrected chi connectivity index (χ3v) is 7.76. The zero-order chi connectivity index (χ0) is 25.6. The maximum atomic E-state index is 14.4. The molecule has 1 amide bonds. The molecular formula is C24H25F4N5O2S. The number of aromatic nitrogens is 2. The summed E-state index contributed by atoms with van der Waals surface area (Å²) in [6.45, 7) is 4.54. The van der Waals surface area contributed by atoms with E-state index < -0.39 is 30.9 Å². The Morgan fingerprint density at radius 2 is 2.11 bits per heavy atom. The Morgan fingerprint density at radius 1 is 1.31 bits per heavy atom. The number of thiophene rings is 1. The van der Waals surface area contributed by atoms with Gasteiger partial charge in [0.1, 0.15) is 12.2 Å². The van der Waals surface area contributed by atoms with Crippen LogP contribution in [-0.2, 0) is 11.2 Å². The van der Waals surface area contributed by atoms with Crippen LogP contribution < -0.4 is 16.0 Å². The lowest BCUT2D eigenvalue weighted by atomic mass is 10.0. The molecule has 5 rings (SSSR count). The fraction of sp³-hybridized carbons (Fsp3) is 0.458. The summed E-state index contributed by atoms with van der Waals surface area (Å²) in [7, 11) is 0. The van der Waals surface area contributed by atoms with Gasteiger partial charge in [-0.3, -0.25) is 4.79 Å². The van der Waals surface area contributed by atoms with Crippen LogP contribution in [0.25, 0.3) is 20.8 Å². The second kappa shape index (κ2) is 9.47. The Kier molecular flexibility index (Phi) is 6.50.